The highest BCUT2D eigenvalue weighted by molar-refractivity contribution is 7.07. The molecule has 27 heavy (non-hydrogen) atoms. The second-order valence-corrected chi connectivity index (χ2v) is 7.29. The largest absolute Gasteiger partial charge is 0.337 e. The Hall–Kier alpha value is -2.74. The van der Waals surface area contributed by atoms with Gasteiger partial charge < -0.3 is 14.7 Å². The number of aryl methyl sites for hydroxylation is 1. The van der Waals surface area contributed by atoms with Crippen molar-refractivity contribution < 1.29 is 9.32 Å². The van der Waals surface area contributed by atoms with Crippen molar-refractivity contribution in [1.82, 2.24) is 15.1 Å². The first-order valence-electron chi connectivity index (χ1n) is 9.10. The van der Waals surface area contributed by atoms with Crippen LogP contribution in [0.15, 0.2) is 39.7 Å². The molecular weight excluding hydrogens is 362 g/mol. The number of benzene rings is 1. The van der Waals surface area contributed by atoms with E-state index in [0.717, 1.165) is 36.3 Å². The Balaban J connectivity index is 1.38. The molecule has 0 saturated carbocycles. The van der Waals surface area contributed by atoms with Crippen LogP contribution < -0.4 is 10.2 Å². The molecule has 1 N–H and O–H groups in total. The van der Waals surface area contributed by atoms with Crippen LogP contribution in [0.2, 0.25) is 0 Å². The molecule has 1 amide bonds. The van der Waals surface area contributed by atoms with Crippen LogP contribution in [0.5, 0.6) is 0 Å². The summed E-state index contributed by atoms with van der Waals surface area (Å²) < 4.78 is 5.19. The van der Waals surface area contributed by atoms with Crippen LogP contribution in [0.1, 0.15) is 25.7 Å². The molecule has 8 heteroatoms. The maximum Gasteiger partial charge on any atom is 0.266 e. The van der Waals surface area contributed by atoms with Crippen molar-refractivity contribution in [1.29, 1.82) is 0 Å². The summed E-state index contributed by atoms with van der Waals surface area (Å²) in [4.78, 5) is 23.4. The highest BCUT2D eigenvalue weighted by atomic mass is 32.1. The Labute approximate surface area is 161 Å². The van der Waals surface area contributed by atoms with Crippen molar-refractivity contribution in [3.8, 4) is 11.3 Å². The summed E-state index contributed by atoms with van der Waals surface area (Å²) in [6.07, 6.45) is 2.50. The van der Waals surface area contributed by atoms with Crippen LogP contribution >= 0.6 is 11.3 Å². The van der Waals surface area contributed by atoms with Crippen LogP contribution in [0.3, 0.4) is 0 Å². The predicted octanol–water partition coefficient (Wildman–Crippen LogP) is 3.61. The van der Waals surface area contributed by atoms with E-state index < -0.39 is 0 Å². The highest BCUT2D eigenvalue weighted by Gasteiger charge is 2.28. The minimum Gasteiger partial charge on any atom is -0.337 e. The molecule has 3 heterocycles. The Bertz CT molecular complexity index is 891. The maximum absolute atomic E-state index is 12.7. The van der Waals surface area contributed by atoms with E-state index in [0.29, 0.717) is 24.8 Å². The van der Waals surface area contributed by atoms with Gasteiger partial charge in [-0.05, 0) is 30.1 Å². The summed E-state index contributed by atoms with van der Waals surface area (Å²) in [6.45, 7) is 3.42. The summed E-state index contributed by atoms with van der Waals surface area (Å²) in [7, 11) is 0. The van der Waals surface area contributed by atoms with Crippen LogP contribution in [-0.4, -0.2) is 34.1 Å². The van der Waals surface area contributed by atoms with Crippen molar-refractivity contribution >= 4 is 28.9 Å². The first-order chi connectivity index (χ1) is 13.2. The number of anilines is 2. The number of thiazole rings is 1. The Morgan fingerprint density at radius 1 is 1.37 bits per heavy atom. The second-order valence-electron chi connectivity index (χ2n) is 6.57. The second kappa shape index (κ2) is 7.87. The minimum atomic E-state index is -0.0967. The van der Waals surface area contributed by atoms with Gasteiger partial charge in [0.05, 0.1) is 17.1 Å². The first-order valence-corrected chi connectivity index (χ1v) is 10.0. The number of hydrogen-bond acceptors (Lipinski definition) is 7. The highest BCUT2D eigenvalue weighted by Crippen LogP contribution is 2.24. The minimum absolute atomic E-state index is 0.0281. The van der Waals surface area contributed by atoms with Gasteiger partial charge in [-0.3, -0.25) is 4.79 Å². The number of nitrogens with one attached hydrogen (secondary N) is 1. The number of hydrogen-bond donors (Lipinski definition) is 1. The molecule has 140 valence electrons. The standard InChI is InChI=1S/C19H21N5O2S/c1-2-17-22-19(23-26-17)24-9-3-4-14(10-24)18(25)21-15-7-5-13(6-8-15)16-11-27-12-20-16/h5-8,11-12,14H,2-4,9-10H2,1H3,(H,21,25)/t14-/m1/s1. The third kappa shape index (κ3) is 4.00. The summed E-state index contributed by atoms with van der Waals surface area (Å²) >= 11 is 1.57. The Kier molecular flexibility index (Phi) is 5.15. The van der Waals surface area contributed by atoms with Crippen molar-refractivity contribution in [3.05, 3.63) is 41.0 Å². The summed E-state index contributed by atoms with van der Waals surface area (Å²) in [5.74, 6) is 1.13. The van der Waals surface area contributed by atoms with Gasteiger partial charge >= 0.3 is 0 Å². The number of rotatable bonds is 5. The third-order valence-electron chi connectivity index (χ3n) is 4.72. The SMILES string of the molecule is CCc1nc(N2CCC[C@@H](C(=O)Nc3ccc(-c4cscn4)cc3)C2)no1. The first kappa shape index (κ1) is 17.7. The Morgan fingerprint density at radius 2 is 2.22 bits per heavy atom. The van der Waals surface area contributed by atoms with E-state index in [1.807, 2.05) is 47.0 Å². The van der Waals surface area contributed by atoms with Crippen molar-refractivity contribution in [2.75, 3.05) is 23.3 Å². The number of nitrogens with zero attached hydrogens (tertiary/aromatic N) is 4. The molecule has 4 rings (SSSR count). The molecule has 1 aromatic carbocycles. The molecule has 0 spiro atoms. The van der Waals surface area contributed by atoms with Gasteiger partial charge in [0.2, 0.25) is 11.8 Å². The molecule has 7 nitrogen and oxygen atoms in total. The average Bonchev–Trinajstić information content (AvgIpc) is 3.41. The van der Waals surface area contributed by atoms with Gasteiger partial charge in [-0.25, -0.2) is 4.98 Å². The lowest BCUT2D eigenvalue weighted by molar-refractivity contribution is -0.120. The zero-order valence-electron chi connectivity index (χ0n) is 15.1. The van der Waals surface area contributed by atoms with Gasteiger partial charge in [0.25, 0.3) is 5.95 Å². The number of amides is 1. The molecule has 0 radical (unpaired) electrons. The number of piperidine rings is 1. The molecule has 1 aliphatic heterocycles. The van der Waals surface area contributed by atoms with E-state index in [4.69, 9.17) is 4.52 Å². The maximum atomic E-state index is 12.7. The van der Waals surface area contributed by atoms with Gasteiger partial charge in [-0.2, -0.15) is 4.98 Å². The molecule has 1 saturated heterocycles. The summed E-state index contributed by atoms with van der Waals surface area (Å²) in [5, 5.41) is 9.06. The monoisotopic (exact) mass is 383 g/mol. The molecule has 2 aromatic heterocycles. The fraction of sp³-hybridized carbons (Fsp3) is 0.368. The molecule has 1 fully saturated rings. The quantitative estimate of drug-likeness (QED) is 0.724. The predicted molar refractivity (Wildman–Crippen MR) is 105 cm³/mol. The number of carbonyl (C=O) groups is 1. The molecule has 1 atom stereocenters. The summed E-state index contributed by atoms with van der Waals surface area (Å²) in [6, 6.07) is 7.78. The van der Waals surface area contributed by atoms with E-state index in [1.165, 1.54) is 0 Å². The van der Waals surface area contributed by atoms with E-state index >= 15 is 0 Å². The van der Waals surface area contributed by atoms with Crippen LogP contribution in [0.25, 0.3) is 11.3 Å². The van der Waals surface area contributed by atoms with Crippen molar-refractivity contribution in [2.45, 2.75) is 26.2 Å². The van der Waals surface area contributed by atoms with E-state index in [2.05, 4.69) is 20.4 Å². The van der Waals surface area contributed by atoms with Gasteiger partial charge in [-0.15, -0.1) is 11.3 Å². The average molecular weight is 383 g/mol. The molecule has 0 aliphatic carbocycles. The smallest absolute Gasteiger partial charge is 0.266 e. The van der Waals surface area contributed by atoms with E-state index in [9.17, 15) is 4.79 Å². The van der Waals surface area contributed by atoms with E-state index in [1.54, 1.807) is 11.3 Å². The van der Waals surface area contributed by atoms with Crippen LogP contribution in [-0.2, 0) is 11.2 Å². The lowest BCUT2D eigenvalue weighted by Gasteiger charge is -2.30. The van der Waals surface area contributed by atoms with Crippen LogP contribution in [0.4, 0.5) is 11.6 Å². The van der Waals surface area contributed by atoms with E-state index in [-0.39, 0.29) is 11.8 Å². The van der Waals surface area contributed by atoms with Gasteiger partial charge in [0.1, 0.15) is 0 Å². The number of aromatic nitrogens is 3. The normalized spacial score (nSPS) is 17.1. The number of carbonyl (C=O) groups excluding carboxylic acids is 1. The fourth-order valence-corrected chi connectivity index (χ4v) is 3.78. The van der Waals surface area contributed by atoms with Gasteiger partial charge in [0, 0.05) is 36.1 Å². The molecule has 1 aliphatic rings. The Morgan fingerprint density at radius 3 is 2.93 bits per heavy atom. The molecule has 0 bridgehead atoms. The van der Waals surface area contributed by atoms with Crippen molar-refractivity contribution in [2.24, 2.45) is 5.92 Å². The third-order valence-corrected chi connectivity index (χ3v) is 5.30. The lowest BCUT2D eigenvalue weighted by Crippen LogP contribution is -2.41. The molecule has 3 aromatic rings. The topological polar surface area (TPSA) is 84.2 Å². The van der Waals surface area contributed by atoms with Gasteiger partial charge in [-0.1, -0.05) is 19.1 Å². The fourth-order valence-electron chi connectivity index (χ4n) is 3.21. The molecular formula is C19H21N5O2S. The zero-order chi connectivity index (χ0) is 18.6. The van der Waals surface area contributed by atoms with Crippen molar-refractivity contribution in [3.63, 3.8) is 0 Å². The van der Waals surface area contributed by atoms with Gasteiger partial charge in [0.15, 0.2) is 0 Å². The lowest BCUT2D eigenvalue weighted by atomic mass is 9.97. The summed E-state index contributed by atoms with van der Waals surface area (Å²) in [5.41, 5.74) is 4.60. The molecule has 0 unspecified atom stereocenters. The van der Waals surface area contributed by atoms with Crippen LogP contribution in [0, 0.1) is 5.92 Å². The zero-order valence-corrected chi connectivity index (χ0v) is 15.9.